The minimum absolute atomic E-state index is 0.0483. The van der Waals surface area contributed by atoms with Crippen LogP contribution in [-0.4, -0.2) is 28.9 Å². The molecule has 14 heavy (non-hydrogen) atoms. The van der Waals surface area contributed by atoms with Gasteiger partial charge in [-0.15, -0.1) is 6.42 Å². The first kappa shape index (κ1) is 10.3. The van der Waals surface area contributed by atoms with Crippen molar-refractivity contribution in [2.24, 2.45) is 0 Å². The summed E-state index contributed by atoms with van der Waals surface area (Å²) < 4.78 is 0. The summed E-state index contributed by atoms with van der Waals surface area (Å²) in [5.41, 5.74) is 0.622. The van der Waals surface area contributed by atoms with E-state index in [1.54, 1.807) is 29.4 Å². The number of hydrogen-bond acceptors (Lipinski definition) is 2. The molecule has 0 spiro atoms. The van der Waals surface area contributed by atoms with Crippen LogP contribution >= 0.6 is 0 Å². The Labute approximate surface area is 83.8 Å². The normalized spacial score (nSPS) is 9.14. The summed E-state index contributed by atoms with van der Waals surface area (Å²) in [6.07, 6.45) is 8.35. The zero-order valence-electron chi connectivity index (χ0n) is 8.10. The Morgan fingerprint density at radius 2 is 2.21 bits per heavy atom. The molecule has 0 saturated heterocycles. The second-order valence-corrected chi connectivity index (χ2v) is 2.76. The lowest BCUT2D eigenvalue weighted by Crippen LogP contribution is -2.31. The van der Waals surface area contributed by atoms with Crippen LogP contribution in [0.4, 0.5) is 0 Å². The molecule has 1 aromatic rings. The van der Waals surface area contributed by atoms with Gasteiger partial charge in [0.05, 0.1) is 6.54 Å². The van der Waals surface area contributed by atoms with E-state index in [-0.39, 0.29) is 5.91 Å². The van der Waals surface area contributed by atoms with Crippen molar-refractivity contribution >= 4 is 5.91 Å². The Bertz CT molecular complexity index is 340. The zero-order chi connectivity index (χ0) is 10.4. The first-order valence-electron chi connectivity index (χ1n) is 4.42. The largest absolute Gasteiger partial charge is 0.328 e. The maximum atomic E-state index is 11.8. The quantitative estimate of drug-likeness (QED) is 0.667. The first-order valence-corrected chi connectivity index (χ1v) is 4.42. The van der Waals surface area contributed by atoms with Crippen LogP contribution in [0.2, 0.25) is 0 Å². The summed E-state index contributed by atoms with van der Waals surface area (Å²) >= 11 is 0. The molecule has 3 nitrogen and oxygen atoms in total. The Morgan fingerprint density at radius 1 is 1.57 bits per heavy atom. The third-order valence-electron chi connectivity index (χ3n) is 1.88. The van der Waals surface area contributed by atoms with Gasteiger partial charge in [-0.05, 0) is 19.1 Å². The number of nitrogens with zero attached hydrogens (tertiary/aromatic N) is 2. The molecule has 0 fully saturated rings. The SMILES string of the molecule is C#CCN(CC)C(=O)c1ccncc1. The van der Waals surface area contributed by atoms with E-state index >= 15 is 0 Å². The van der Waals surface area contributed by atoms with Crippen molar-refractivity contribution in [2.45, 2.75) is 6.92 Å². The molecule has 1 aromatic heterocycles. The molecule has 0 saturated carbocycles. The van der Waals surface area contributed by atoms with Gasteiger partial charge in [0.1, 0.15) is 0 Å². The van der Waals surface area contributed by atoms with Crippen LogP contribution in [0.1, 0.15) is 17.3 Å². The molecule has 0 aliphatic heterocycles. The highest BCUT2D eigenvalue weighted by atomic mass is 16.2. The van der Waals surface area contributed by atoms with Crippen molar-refractivity contribution in [3.8, 4) is 12.3 Å². The van der Waals surface area contributed by atoms with Crippen LogP contribution in [-0.2, 0) is 0 Å². The summed E-state index contributed by atoms with van der Waals surface area (Å²) in [7, 11) is 0. The van der Waals surface area contributed by atoms with Gasteiger partial charge in [-0.1, -0.05) is 5.92 Å². The van der Waals surface area contributed by atoms with Crippen molar-refractivity contribution in [1.82, 2.24) is 9.88 Å². The number of carbonyl (C=O) groups excluding carboxylic acids is 1. The number of pyridine rings is 1. The lowest BCUT2D eigenvalue weighted by Gasteiger charge is -2.17. The topological polar surface area (TPSA) is 33.2 Å². The maximum Gasteiger partial charge on any atom is 0.254 e. The summed E-state index contributed by atoms with van der Waals surface area (Å²) in [6, 6.07) is 3.36. The summed E-state index contributed by atoms with van der Waals surface area (Å²) in [5, 5.41) is 0. The molecule has 1 heterocycles. The van der Waals surface area contributed by atoms with Crippen molar-refractivity contribution in [3.05, 3.63) is 30.1 Å². The van der Waals surface area contributed by atoms with E-state index in [0.29, 0.717) is 18.7 Å². The van der Waals surface area contributed by atoms with E-state index in [0.717, 1.165) is 0 Å². The van der Waals surface area contributed by atoms with Gasteiger partial charge < -0.3 is 4.90 Å². The van der Waals surface area contributed by atoms with Crippen LogP contribution in [0.15, 0.2) is 24.5 Å². The molecule has 0 radical (unpaired) electrons. The monoisotopic (exact) mass is 188 g/mol. The Hall–Kier alpha value is -1.82. The number of aromatic nitrogens is 1. The summed E-state index contributed by atoms with van der Waals surface area (Å²) in [4.78, 5) is 17.2. The van der Waals surface area contributed by atoms with E-state index in [1.165, 1.54) is 0 Å². The third-order valence-corrected chi connectivity index (χ3v) is 1.88. The van der Waals surface area contributed by atoms with E-state index in [2.05, 4.69) is 10.9 Å². The van der Waals surface area contributed by atoms with Crippen LogP contribution in [0, 0.1) is 12.3 Å². The van der Waals surface area contributed by atoms with E-state index < -0.39 is 0 Å². The fraction of sp³-hybridized carbons (Fsp3) is 0.273. The fourth-order valence-corrected chi connectivity index (χ4v) is 1.11. The van der Waals surface area contributed by atoms with Crippen molar-refractivity contribution in [2.75, 3.05) is 13.1 Å². The minimum Gasteiger partial charge on any atom is -0.328 e. The van der Waals surface area contributed by atoms with Gasteiger partial charge in [0.25, 0.3) is 5.91 Å². The number of hydrogen-bond donors (Lipinski definition) is 0. The number of terminal acetylenes is 1. The lowest BCUT2D eigenvalue weighted by molar-refractivity contribution is 0.0785. The average Bonchev–Trinajstić information content (AvgIpc) is 2.26. The van der Waals surface area contributed by atoms with Crippen LogP contribution < -0.4 is 0 Å². The molecule has 0 aliphatic rings. The number of carbonyl (C=O) groups is 1. The Balaban J connectivity index is 2.79. The Morgan fingerprint density at radius 3 is 2.71 bits per heavy atom. The van der Waals surface area contributed by atoms with Gasteiger partial charge >= 0.3 is 0 Å². The van der Waals surface area contributed by atoms with Crippen molar-refractivity contribution < 1.29 is 4.79 Å². The Kier molecular flexibility index (Phi) is 3.69. The molecule has 1 rings (SSSR count). The average molecular weight is 188 g/mol. The second-order valence-electron chi connectivity index (χ2n) is 2.76. The van der Waals surface area contributed by atoms with Gasteiger partial charge in [-0.2, -0.15) is 0 Å². The molecule has 0 unspecified atom stereocenters. The molecule has 0 aliphatic carbocycles. The third kappa shape index (κ3) is 2.33. The van der Waals surface area contributed by atoms with Crippen molar-refractivity contribution in [1.29, 1.82) is 0 Å². The highest BCUT2D eigenvalue weighted by Crippen LogP contribution is 2.02. The van der Waals surface area contributed by atoms with Crippen LogP contribution in [0.3, 0.4) is 0 Å². The molecular formula is C11H12N2O. The predicted molar refractivity (Wildman–Crippen MR) is 54.6 cm³/mol. The molecule has 0 N–H and O–H groups in total. The summed E-state index contributed by atoms with van der Waals surface area (Å²) in [6.45, 7) is 2.86. The van der Waals surface area contributed by atoms with Gasteiger partial charge in [0.2, 0.25) is 0 Å². The molecule has 1 amide bonds. The van der Waals surface area contributed by atoms with E-state index in [1.807, 2.05) is 6.92 Å². The predicted octanol–water partition coefficient (Wildman–Crippen LogP) is 1.18. The molecule has 0 aromatic carbocycles. The van der Waals surface area contributed by atoms with Crippen LogP contribution in [0.5, 0.6) is 0 Å². The van der Waals surface area contributed by atoms with Gasteiger partial charge in [0, 0.05) is 24.5 Å². The van der Waals surface area contributed by atoms with Gasteiger partial charge in [-0.25, -0.2) is 0 Å². The van der Waals surface area contributed by atoms with E-state index in [9.17, 15) is 4.79 Å². The maximum absolute atomic E-state index is 11.8. The fourth-order valence-electron chi connectivity index (χ4n) is 1.11. The standard InChI is InChI=1S/C11H12N2O/c1-3-9-13(4-2)11(14)10-5-7-12-8-6-10/h1,5-8H,4,9H2,2H3. The lowest BCUT2D eigenvalue weighted by atomic mass is 10.2. The molecule has 0 atom stereocenters. The minimum atomic E-state index is -0.0483. The van der Waals surface area contributed by atoms with Gasteiger partial charge in [-0.3, -0.25) is 9.78 Å². The molecule has 3 heteroatoms. The zero-order valence-corrected chi connectivity index (χ0v) is 8.10. The molecule has 72 valence electrons. The highest BCUT2D eigenvalue weighted by Gasteiger charge is 2.11. The molecular weight excluding hydrogens is 176 g/mol. The summed E-state index contributed by atoms with van der Waals surface area (Å²) in [5.74, 6) is 2.41. The smallest absolute Gasteiger partial charge is 0.254 e. The highest BCUT2D eigenvalue weighted by molar-refractivity contribution is 5.94. The first-order chi connectivity index (χ1) is 6.79. The van der Waals surface area contributed by atoms with Crippen LogP contribution in [0.25, 0.3) is 0 Å². The van der Waals surface area contributed by atoms with Crippen molar-refractivity contribution in [3.63, 3.8) is 0 Å². The number of amides is 1. The number of rotatable bonds is 3. The van der Waals surface area contributed by atoms with E-state index in [4.69, 9.17) is 6.42 Å². The molecule has 0 bridgehead atoms. The van der Waals surface area contributed by atoms with Gasteiger partial charge in [0.15, 0.2) is 0 Å². The second kappa shape index (κ2) is 5.03.